The van der Waals surface area contributed by atoms with E-state index in [1.54, 1.807) is 36.5 Å². The monoisotopic (exact) mass is 472 g/mol. The summed E-state index contributed by atoms with van der Waals surface area (Å²) in [6, 6.07) is 9.23. The molecule has 4 aromatic heterocycles. The molecule has 0 spiro atoms. The summed E-state index contributed by atoms with van der Waals surface area (Å²) in [5.41, 5.74) is 4.34. The first-order valence-corrected chi connectivity index (χ1v) is 11.5. The number of carbonyl (C=O) groups is 1. The normalized spacial score (nSPS) is 19.7. The molecule has 4 aromatic rings. The predicted octanol–water partition coefficient (Wildman–Crippen LogP) is 3.17. The molecule has 0 aromatic carbocycles. The summed E-state index contributed by atoms with van der Waals surface area (Å²) in [6.07, 6.45) is 4.11. The van der Waals surface area contributed by atoms with Crippen molar-refractivity contribution in [1.29, 1.82) is 0 Å². The summed E-state index contributed by atoms with van der Waals surface area (Å²) in [6.45, 7) is 4.07. The van der Waals surface area contributed by atoms with Crippen LogP contribution in [0.3, 0.4) is 0 Å². The molecule has 0 bridgehead atoms. The Labute approximate surface area is 201 Å². The van der Waals surface area contributed by atoms with E-state index >= 15 is 0 Å². The van der Waals surface area contributed by atoms with Crippen LogP contribution in [0.25, 0.3) is 22.8 Å². The average Bonchev–Trinajstić information content (AvgIpc) is 3.60. The summed E-state index contributed by atoms with van der Waals surface area (Å²) in [5, 5.41) is 11.9. The van der Waals surface area contributed by atoms with E-state index in [9.17, 15) is 4.79 Å². The molecule has 11 heteroatoms. The van der Waals surface area contributed by atoms with E-state index in [2.05, 4.69) is 25.5 Å². The van der Waals surface area contributed by atoms with Gasteiger partial charge in [-0.2, -0.15) is 5.10 Å². The number of nitrogens with one attached hydrogen (secondary N) is 1. The molecule has 6 heterocycles. The molecule has 35 heavy (non-hydrogen) atoms. The Morgan fingerprint density at radius 3 is 2.74 bits per heavy atom. The number of fused-ring (bicyclic) bond motifs is 1. The van der Waals surface area contributed by atoms with E-state index in [0.29, 0.717) is 54.2 Å². The highest BCUT2D eigenvalue weighted by molar-refractivity contribution is 5.85. The summed E-state index contributed by atoms with van der Waals surface area (Å²) in [5.74, 6) is 0.771. The fourth-order valence-electron chi connectivity index (χ4n) is 4.56. The van der Waals surface area contributed by atoms with Crippen molar-refractivity contribution in [3.63, 3.8) is 0 Å². The number of ether oxygens (including phenoxy) is 1. The molecule has 0 radical (unpaired) electrons. The quantitative estimate of drug-likeness (QED) is 0.466. The third-order valence-corrected chi connectivity index (χ3v) is 6.41. The number of amides is 1. The van der Waals surface area contributed by atoms with Crippen molar-refractivity contribution in [2.45, 2.75) is 31.9 Å². The number of nitrogens with zero attached hydrogens (tertiary/aromatic N) is 7. The number of likely N-dealkylation sites (N-methyl/N-ethyl adjacent to an activating group) is 1. The van der Waals surface area contributed by atoms with Crippen molar-refractivity contribution in [3.05, 3.63) is 54.2 Å². The molecule has 2 aliphatic rings. The molecule has 6 rings (SSSR count). The summed E-state index contributed by atoms with van der Waals surface area (Å²) < 4.78 is 13.2. The average molecular weight is 473 g/mol. The van der Waals surface area contributed by atoms with Gasteiger partial charge in [0.05, 0.1) is 53.9 Å². The van der Waals surface area contributed by atoms with E-state index < -0.39 is 0 Å². The largest absolute Gasteiger partial charge is 0.370 e. The number of hydrogen-bond donors (Lipinski definition) is 1. The lowest BCUT2D eigenvalue weighted by Gasteiger charge is -2.22. The third-order valence-electron chi connectivity index (χ3n) is 6.41. The lowest BCUT2D eigenvalue weighted by atomic mass is 10.0. The van der Waals surface area contributed by atoms with E-state index in [4.69, 9.17) is 14.2 Å². The topological polar surface area (TPSA) is 124 Å². The number of pyridine rings is 1. The van der Waals surface area contributed by atoms with Gasteiger partial charge in [-0.1, -0.05) is 11.2 Å². The van der Waals surface area contributed by atoms with Gasteiger partial charge in [0.25, 0.3) is 0 Å². The van der Waals surface area contributed by atoms with Gasteiger partial charge in [-0.3, -0.25) is 9.48 Å². The number of likely N-dealkylation sites (tertiary alicyclic amines) is 1. The minimum absolute atomic E-state index is 0.0519. The second-order valence-electron chi connectivity index (χ2n) is 8.69. The molecule has 178 valence electrons. The highest BCUT2D eigenvalue weighted by atomic mass is 16.5. The van der Waals surface area contributed by atoms with Gasteiger partial charge in [0.2, 0.25) is 11.9 Å². The second kappa shape index (κ2) is 8.58. The van der Waals surface area contributed by atoms with Gasteiger partial charge in [0.1, 0.15) is 17.4 Å². The Kier molecular flexibility index (Phi) is 5.25. The maximum Gasteiger partial charge on any atom is 0.233 e. The first kappa shape index (κ1) is 21.4. The fraction of sp³-hybridized carbons (Fsp3) is 0.333. The van der Waals surface area contributed by atoms with Crippen LogP contribution in [-0.2, 0) is 16.1 Å². The Bertz CT molecular complexity index is 1400. The summed E-state index contributed by atoms with van der Waals surface area (Å²) >= 11 is 0. The van der Waals surface area contributed by atoms with E-state index in [-0.39, 0.29) is 17.9 Å². The van der Waals surface area contributed by atoms with Crippen molar-refractivity contribution >= 4 is 17.5 Å². The van der Waals surface area contributed by atoms with Crippen LogP contribution < -0.4 is 5.32 Å². The smallest absolute Gasteiger partial charge is 0.233 e. The van der Waals surface area contributed by atoms with Crippen LogP contribution >= 0.6 is 0 Å². The predicted molar refractivity (Wildman–Crippen MR) is 126 cm³/mol. The Morgan fingerprint density at radius 2 is 1.91 bits per heavy atom. The van der Waals surface area contributed by atoms with Gasteiger partial charge < -0.3 is 19.5 Å². The van der Waals surface area contributed by atoms with Gasteiger partial charge in [0, 0.05) is 25.9 Å². The van der Waals surface area contributed by atoms with E-state index in [0.717, 1.165) is 17.8 Å². The van der Waals surface area contributed by atoms with Crippen molar-refractivity contribution in [2.75, 3.05) is 25.5 Å². The zero-order valence-electron chi connectivity index (χ0n) is 19.4. The van der Waals surface area contributed by atoms with Crippen LogP contribution in [0.4, 0.5) is 11.6 Å². The molecule has 0 unspecified atom stereocenters. The lowest BCUT2D eigenvalue weighted by Crippen LogP contribution is -2.21. The van der Waals surface area contributed by atoms with Crippen LogP contribution in [0.15, 0.2) is 47.2 Å². The molecule has 0 aliphatic carbocycles. The number of anilines is 2. The molecule has 2 atom stereocenters. The maximum absolute atomic E-state index is 12.3. The molecule has 0 saturated carbocycles. The number of carbonyl (C=O) groups excluding carboxylic acids is 1. The van der Waals surface area contributed by atoms with Crippen LogP contribution in [0, 0.1) is 0 Å². The summed E-state index contributed by atoms with van der Waals surface area (Å²) in [4.78, 5) is 27.8. The van der Waals surface area contributed by atoms with Crippen LogP contribution in [-0.4, -0.2) is 60.9 Å². The molecular weight excluding hydrogens is 448 g/mol. The Hall–Kier alpha value is -4.12. The molecule has 1 fully saturated rings. The van der Waals surface area contributed by atoms with Crippen LogP contribution in [0.2, 0.25) is 0 Å². The zero-order valence-corrected chi connectivity index (χ0v) is 19.4. The Balaban J connectivity index is 1.25. The standard InChI is InChI=1S/C24H24N8O3/c1-14-22-20(13-26-32(22)10-11-34-14)29-24-25-8-6-18(28-24)16-4-3-5-17(27-16)19-12-21(35-30-19)15-7-9-31(2)23(15)33/h3-6,8,12-15H,7,9-11H2,1-2H3,(H,25,28,29)/t14-,15-/m0/s1. The third kappa shape index (κ3) is 3.93. The fourth-order valence-corrected chi connectivity index (χ4v) is 4.56. The molecule has 2 aliphatic heterocycles. The van der Waals surface area contributed by atoms with Crippen molar-refractivity contribution in [2.24, 2.45) is 0 Å². The minimum atomic E-state index is -0.289. The van der Waals surface area contributed by atoms with Gasteiger partial charge in [0.15, 0.2) is 0 Å². The van der Waals surface area contributed by atoms with Crippen LogP contribution in [0.1, 0.15) is 36.8 Å². The first-order valence-electron chi connectivity index (χ1n) is 11.5. The second-order valence-corrected chi connectivity index (χ2v) is 8.69. The summed E-state index contributed by atoms with van der Waals surface area (Å²) in [7, 11) is 1.80. The van der Waals surface area contributed by atoms with E-state index in [1.165, 1.54) is 0 Å². The first-order chi connectivity index (χ1) is 17.1. The van der Waals surface area contributed by atoms with E-state index in [1.807, 2.05) is 29.8 Å². The highest BCUT2D eigenvalue weighted by Gasteiger charge is 2.33. The Morgan fingerprint density at radius 1 is 1.09 bits per heavy atom. The van der Waals surface area contributed by atoms with Gasteiger partial charge in [-0.25, -0.2) is 15.0 Å². The number of aromatic nitrogens is 6. The molecule has 1 N–H and O–H groups in total. The molecule has 1 saturated heterocycles. The van der Waals surface area contributed by atoms with Crippen molar-refractivity contribution < 1.29 is 14.1 Å². The van der Waals surface area contributed by atoms with Gasteiger partial charge in [-0.05, 0) is 31.5 Å². The number of hydrogen-bond acceptors (Lipinski definition) is 9. The molecular formula is C24H24N8O3. The molecule has 1 amide bonds. The van der Waals surface area contributed by atoms with Gasteiger partial charge >= 0.3 is 0 Å². The maximum atomic E-state index is 12.3. The molecule has 11 nitrogen and oxygen atoms in total. The minimum Gasteiger partial charge on any atom is -0.370 e. The van der Waals surface area contributed by atoms with Crippen LogP contribution in [0.5, 0.6) is 0 Å². The lowest BCUT2D eigenvalue weighted by molar-refractivity contribution is -0.128. The highest BCUT2D eigenvalue weighted by Crippen LogP contribution is 2.32. The SMILES string of the molecule is C[C@@H]1OCCn2ncc(Nc3nccc(-c4cccc(-c5cc([C@@H]6CCN(C)C6=O)on5)n4)n3)c21. The van der Waals surface area contributed by atoms with Crippen molar-refractivity contribution in [1.82, 2.24) is 34.8 Å². The zero-order chi connectivity index (χ0) is 23.9. The van der Waals surface area contributed by atoms with Gasteiger partial charge in [-0.15, -0.1) is 0 Å². The number of rotatable bonds is 5. The van der Waals surface area contributed by atoms with Crippen molar-refractivity contribution in [3.8, 4) is 22.8 Å².